The van der Waals surface area contributed by atoms with Crippen molar-refractivity contribution in [2.45, 2.75) is 69.4 Å². The van der Waals surface area contributed by atoms with Gasteiger partial charge in [-0.2, -0.15) is 0 Å². The van der Waals surface area contributed by atoms with Crippen molar-refractivity contribution in [3.63, 3.8) is 0 Å². The number of rotatable bonds is 7. The standard InChI is InChI=1S/C46H49F2N5O3/c47-33-6-1-30(2-7-33)37-12-5-32-25-35(54)10-13-38(32)44(37)31-3-8-34(9-4-31)51-19-17-29(18-20-51)27-50-21-23-52(24-22-50)42-16-14-39-40(45(42)48)28-53(46(39)49)41-15-11-36(55)26-43(41)56/h1-4,6-10,13-14,16,25,29,37,41,44,49,54H,5,11-12,15,17-24,26-28H2/t37-,41?,44+/m1/s1. The van der Waals surface area contributed by atoms with Gasteiger partial charge < -0.3 is 19.8 Å². The van der Waals surface area contributed by atoms with Gasteiger partial charge in [-0.1, -0.05) is 30.3 Å². The van der Waals surface area contributed by atoms with E-state index in [4.69, 9.17) is 5.41 Å². The number of benzene rings is 4. The Morgan fingerprint density at radius 2 is 1.48 bits per heavy atom. The molecule has 290 valence electrons. The summed E-state index contributed by atoms with van der Waals surface area (Å²) in [5.74, 6) is 0.681. The number of Topliss-reactive ketones (excluding diaryl/α,β-unsaturated/α-hetero) is 2. The van der Waals surface area contributed by atoms with Gasteiger partial charge in [0.05, 0.1) is 18.2 Å². The summed E-state index contributed by atoms with van der Waals surface area (Å²) in [6, 6.07) is 24.8. The van der Waals surface area contributed by atoms with E-state index in [0.29, 0.717) is 41.3 Å². The number of aromatic hydroxyl groups is 1. The van der Waals surface area contributed by atoms with Crippen molar-refractivity contribution >= 4 is 28.8 Å². The topological polar surface area (TPSA) is 91.2 Å². The highest BCUT2D eigenvalue weighted by Gasteiger charge is 2.39. The first-order chi connectivity index (χ1) is 27.2. The molecule has 2 N–H and O–H groups in total. The summed E-state index contributed by atoms with van der Waals surface area (Å²) in [7, 11) is 0. The number of hydrogen-bond acceptors (Lipinski definition) is 7. The molecule has 0 amide bonds. The van der Waals surface area contributed by atoms with Gasteiger partial charge in [0.2, 0.25) is 0 Å². The lowest BCUT2D eigenvalue weighted by Gasteiger charge is -2.40. The van der Waals surface area contributed by atoms with Crippen LogP contribution in [0.4, 0.5) is 20.2 Å². The van der Waals surface area contributed by atoms with Crippen LogP contribution in [0, 0.1) is 23.0 Å². The molecule has 3 fully saturated rings. The van der Waals surface area contributed by atoms with Crippen LogP contribution in [-0.4, -0.2) is 84.2 Å². The normalized spacial score (nSPS) is 23.4. The van der Waals surface area contributed by atoms with E-state index >= 15 is 4.39 Å². The first-order valence-electron chi connectivity index (χ1n) is 20.3. The highest BCUT2D eigenvalue weighted by atomic mass is 19.1. The number of carbonyl (C=O) groups excluding carboxylic acids is 2. The smallest absolute Gasteiger partial charge is 0.162 e. The average Bonchev–Trinajstić information content (AvgIpc) is 3.55. The molecule has 2 aliphatic carbocycles. The minimum Gasteiger partial charge on any atom is -0.508 e. The molecule has 0 aromatic heterocycles. The first kappa shape index (κ1) is 36.5. The predicted molar refractivity (Wildman–Crippen MR) is 214 cm³/mol. The molecule has 0 radical (unpaired) electrons. The summed E-state index contributed by atoms with van der Waals surface area (Å²) in [6.45, 7) is 6.45. The van der Waals surface area contributed by atoms with Gasteiger partial charge in [-0.3, -0.25) is 19.9 Å². The average molecular weight is 758 g/mol. The lowest BCUT2D eigenvalue weighted by molar-refractivity contribution is -0.132. The van der Waals surface area contributed by atoms with Crippen LogP contribution in [0.15, 0.2) is 78.9 Å². The molecule has 1 unspecified atom stereocenters. The molecule has 8 nitrogen and oxygen atoms in total. The van der Waals surface area contributed by atoms with Gasteiger partial charge in [0.1, 0.15) is 23.2 Å². The zero-order valence-electron chi connectivity index (χ0n) is 31.7. The lowest BCUT2D eigenvalue weighted by Crippen LogP contribution is -2.49. The highest BCUT2D eigenvalue weighted by Crippen LogP contribution is 2.47. The number of amidine groups is 1. The maximum atomic E-state index is 16.0. The largest absolute Gasteiger partial charge is 0.508 e. The van der Waals surface area contributed by atoms with Crippen molar-refractivity contribution < 1.29 is 23.5 Å². The van der Waals surface area contributed by atoms with E-state index in [-0.39, 0.29) is 53.8 Å². The molecule has 1 saturated carbocycles. The van der Waals surface area contributed by atoms with Gasteiger partial charge in [0, 0.05) is 81.5 Å². The number of anilines is 2. The minimum absolute atomic E-state index is 0.0560. The zero-order chi connectivity index (χ0) is 38.5. The number of piperidine rings is 1. The van der Waals surface area contributed by atoms with Gasteiger partial charge in [-0.25, -0.2) is 8.78 Å². The van der Waals surface area contributed by atoms with Crippen molar-refractivity contribution in [3.05, 3.63) is 124 Å². The Balaban J connectivity index is 0.793. The second-order valence-electron chi connectivity index (χ2n) is 16.5. The van der Waals surface area contributed by atoms with Crippen LogP contribution < -0.4 is 9.80 Å². The van der Waals surface area contributed by atoms with E-state index in [1.165, 1.54) is 22.4 Å². The van der Waals surface area contributed by atoms with Crippen LogP contribution in [0.2, 0.25) is 0 Å². The number of fused-ring (bicyclic) bond motifs is 2. The zero-order valence-corrected chi connectivity index (χ0v) is 31.7. The fourth-order valence-electron chi connectivity index (χ4n) is 10.2. The number of nitrogens with zero attached hydrogens (tertiary/aromatic N) is 4. The summed E-state index contributed by atoms with van der Waals surface area (Å²) in [5.41, 5.74) is 7.62. The molecule has 0 bridgehead atoms. The number of piperazine rings is 1. The second-order valence-corrected chi connectivity index (χ2v) is 16.5. The van der Waals surface area contributed by atoms with Crippen molar-refractivity contribution in [3.8, 4) is 5.75 Å². The molecule has 3 atom stereocenters. The lowest BCUT2D eigenvalue weighted by atomic mass is 9.69. The Morgan fingerprint density at radius 1 is 0.750 bits per heavy atom. The minimum atomic E-state index is -0.530. The Kier molecular flexibility index (Phi) is 9.86. The van der Waals surface area contributed by atoms with Crippen molar-refractivity contribution in [2.24, 2.45) is 5.92 Å². The van der Waals surface area contributed by atoms with Gasteiger partial charge in [-0.15, -0.1) is 0 Å². The molecular formula is C46H49F2N5O3. The quantitative estimate of drug-likeness (QED) is 0.190. The van der Waals surface area contributed by atoms with E-state index in [9.17, 15) is 19.1 Å². The molecule has 56 heavy (non-hydrogen) atoms. The van der Waals surface area contributed by atoms with Crippen LogP contribution in [0.3, 0.4) is 0 Å². The molecular weight excluding hydrogens is 709 g/mol. The first-order valence-corrected chi connectivity index (χ1v) is 20.3. The van der Waals surface area contributed by atoms with E-state index in [0.717, 1.165) is 77.1 Å². The Bertz CT molecular complexity index is 2140. The number of phenols is 1. The number of ketones is 2. The molecule has 9 rings (SSSR count). The van der Waals surface area contributed by atoms with Crippen LogP contribution in [0.5, 0.6) is 5.75 Å². The van der Waals surface area contributed by atoms with Crippen molar-refractivity contribution in [1.82, 2.24) is 9.80 Å². The fraction of sp³-hybridized carbons (Fsp3) is 0.413. The van der Waals surface area contributed by atoms with Crippen LogP contribution in [-0.2, 0) is 22.6 Å². The summed E-state index contributed by atoms with van der Waals surface area (Å²) in [4.78, 5) is 33.2. The molecule has 4 aromatic rings. The number of carbonyl (C=O) groups is 2. The van der Waals surface area contributed by atoms with Crippen molar-refractivity contribution in [1.29, 1.82) is 5.41 Å². The monoisotopic (exact) mass is 757 g/mol. The van der Waals surface area contributed by atoms with E-state index < -0.39 is 6.04 Å². The van der Waals surface area contributed by atoms with E-state index in [2.05, 4.69) is 45.0 Å². The van der Waals surface area contributed by atoms with Gasteiger partial charge in [-0.05, 0) is 115 Å². The Morgan fingerprint density at radius 3 is 2.21 bits per heavy atom. The van der Waals surface area contributed by atoms with E-state index in [1.807, 2.05) is 24.3 Å². The third-order valence-corrected chi connectivity index (χ3v) is 13.3. The molecule has 4 aromatic carbocycles. The van der Waals surface area contributed by atoms with Gasteiger partial charge >= 0.3 is 0 Å². The predicted octanol–water partition coefficient (Wildman–Crippen LogP) is 7.40. The fourth-order valence-corrected chi connectivity index (χ4v) is 10.2. The third-order valence-electron chi connectivity index (χ3n) is 13.3. The Hall–Kier alpha value is -5.09. The molecule has 0 spiro atoms. The number of hydrogen-bond donors (Lipinski definition) is 2. The molecule has 3 aliphatic heterocycles. The molecule has 5 aliphatic rings. The van der Waals surface area contributed by atoms with Gasteiger partial charge in [0.15, 0.2) is 11.6 Å². The third kappa shape index (κ3) is 6.97. The number of nitrogens with one attached hydrogen (secondary N) is 1. The second kappa shape index (κ2) is 15.1. The highest BCUT2D eigenvalue weighted by molar-refractivity contribution is 6.08. The Labute approximate surface area is 327 Å². The number of halogens is 2. The van der Waals surface area contributed by atoms with Crippen LogP contribution in [0.1, 0.15) is 83.7 Å². The summed E-state index contributed by atoms with van der Waals surface area (Å²) in [5, 5.41) is 18.9. The van der Waals surface area contributed by atoms with Crippen molar-refractivity contribution in [2.75, 3.05) is 55.6 Å². The summed E-state index contributed by atoms with van der Waals surface area (Å²) in [6.07, 6.45) is 4.67. The maximum Gasteiger partial charge on any atom is 0.162 e. The number of aryl methyl sites for hydroxylation is 1. The summed E-state index contributed by atoms with van der Waals surface area (Å²) >= 11 is 0. The van der Waals surface area contributed by atoms with Crippen LogP contribution >= 0.6 is 0 Å². The molecule has 10 heteroatoms. The number of phenolic OH excluding ortho intramolecular Hbond substituents is 1. The molecule has 3 heterocycles. The molecule has 2 saturated heterocycles. The maximum absolute atomic E-state index is 16.0. The van der Waals surface area contributed by atoms with Gasteiger partial charge in [0.25, 0.3) is 0 Å². The van der Waals surface area contributed by atoms with E-state index in [1.54, 1.807) is 29.2 Å². The van der Waals surface area contributed by atoms with Crippen LogP contribution in [0.25, 0.3) is 0 Å². The summed E-state index contributed by atoms with van der Waals surface area (Å²) < 4.78 is 29.9. The SMILES string of the molecule is N=C1c2ccc(N3CCN(CC4CCN(c5ccc([C@@H]6c7ccc(O)cc7CC[C@@H]6c6ccc(F)cc6)cc5)CC4)CC3)c(F)c2CN1C1CCC(=O)CC1=O.